The van der Waals surface area contributed by atoms with E-state index in [9.17, 15) is 9.59 Å². The van der Waals surface area contributed by atoms with Gasteiger partial charge in [-0.25, -0.2) is 0 Å². The van der Waals surface area contributed by atoms with Gasteiger partial charge in [-0.05, 0) is 37.6 Å². The van der Waals surface area contributed by atoms with Crippen LogP contribution in [0.2, 0.25) is 10.0 Å². The van der Waals surface area contributed by atoms with Crippen LogP contribution in [0.5, 0.6) is 0 Å². The van der Waals surface area contributed by atoms with Crippen LogP contribution in [0.3, 0.4) is 0 Å². The number of anilines is 1. The Hall–Kier alpha value is -2.88. The molecule has 11 heteroatoms. The molecule has 0 aliphatic carbocycles. The van der Waals surface area contributed by atoms with E-state index in [0.29, 0.717) is 33.0 Å². The van der Waals surface area contributed by atoms with Gasteiger partial charge in [0.1, 0.15) is 10.6 Å². The minimum atomic E-state index is -0.366. The predicted octanol–water partition coefficient (Wildman–Crippen LogP) is 4.77. The number of carbonyl (C=O) groups excluding carboxylic acids is 2. The zero-order valence-electron chi connectivity index (χ0n) is 17.5. The summed E-state index contributed by atoms with van der Waals surface area (Å²) in [6.07, 6.45) is 0. The number of hydrogen-bond acceptors (Lipinski definition) is 6. The fourth-order valence-electron chi connectivity index (χ4n) is 3.22. The molecule has 3 heterocycles. The van der Waals surface area contributed by atoms with Crippen molar-refractivity contribution in [2.75, 3.05) is 18.9 Å². The van der Waals surface area contributed by atoms with Crippen LogP contribution in [0.15, 0.2) is 34.9 Å². The number of likely N-dealkylation sites (N-methyl/N-ethyl adjacent to an activating group) is 1. The van der Waals surface area contributed by atoms with E-state index >= 15 is 0 Å². The molecule has 0 unspecified atom stereocenters. The quantitative estimate of drug-likeness (QED) is 0.419. The third-order valence-electron chi connectivity index (χ3n) is 4.78. The maximum absolute atomic E-state index is 12.9. The van der Waals surface area contributed by atoms with E-state index in [1.165, 1.54) is 16.2 Å². The van der Waals surface area contributed by atoms with E-state index in [2.05, 4.69) is 15.6 Å². The number of aromatic nitrogens is 3. The van der Waals surface area contributed by atoms with Gasteiger partial charge in [-0.1, -0.05) is 34.4 Å². The molecule has 0 bridgehead atoms. The number of rotatable bonds is 6. The lowest BCUT2D eigenvalue weighted by atomic mass is 10.2. The topological polar surface area (TPSA) is 93.3 Å². The number of fused-ring (bicyclic) bond motifs is 1. The number of nitrogens with one attached hydrogen (secondary N) is 1. The average molecular weight is 492 g/mol. The molecule has 32 heavy (non-hydrogen) atoms. The standard InChI is InChI=1S/C21H19Cl2N5O3S/c1-11-6-18(26-31-11)24-19(29)10-27(3)20(30)17-8-15-12(2)25-28(21(15)32-17)9-13-4-5-14(22)7-16(13)23/h4-8H,9-10H2,1-3H3,(H,24,26,29). The third kappa shape index (κ3) is 4.64. The van der Waals surface area contributed by atoms with Crippen LogP contribution < -0.4 is 5.32 Å². The van der Waals surface area contributed by atoms with Crippen LogP contribution in [0.25, 0.3) is 10.2 Å². The number of benzene rings is 1. The normalized spacial score (nSPS) is 11.2. The van der Waals surface area contributed by atoms with Crippen molar-refractivity contribution >= 4 is 62.4 Å². The van der Waals surface area contributed by atoms with Gasteiger partial charge in [0.2, 0.25) is 5.91 Å². The van der Waals surface area contributed by atoms with Gasteiger partial charge in [0, 0.05) is 28.5 Å². The highest BCUT2D eigenvalue weighted by Gasteiger charge is 2.21. The summed E-state index contributed by atoms with van der Waals surface area (Å²) in [7, 11) is 1.58. The van der Waals surface area contributed by atoms with Crippen LogP contribution in [0.1, 0.15) is 26.7 Å². The number of amides is 2. The fourth-order valence-corrected chi connectivity index (χ4v) is 4.84. The summed E-state index contributed by atoms with van der Waals surface area (Å²) >= 11 is 13.6. The summed E-state index contributed by atoms with van der Waals surface area (Å²) in [5.41, 5.74) is 1.68. The van der Waals surface area contributed by atoms with Crippen molar-refractivity contribution in [3.63, 3.8) is 0 Å². The van der Waals surface area contributed by atoms with E-state index in [1.807, 2.05) is 17.7 Å². The molecule has 0 spiro atoms. The Morgan fingerprint density at radius 2 is 2.00 bits per heavy atom. The molecule has 0 saturated heterocycles. The Morgan fingerprint density at radius 3 is 2.69 bits per heavy atom. The van der Waals surface area contributed by atoms with Crippen LogP contribution >= 0.6 is 34.5 Å². The second kappa shape index (κ2) is 8.93. The third-order valence-corrected chi connectivity index (χ3v) is 6.50. The Bertz CT molecular complexity index is 1330. The first-order chi connectivity index (χ1) is 15.2. The number of thiophene rings is 1. The summed E-state index contributed by atoms with van der Waals surface area (Å²) < 4.78 is 6.74. The van der Waals surface area contributed by atoms with E-state index in [4.69, 9.17) is 27.7 Å². The first-order valence-corrected chi connectivity index (χ1v) is 11.2. The Kier molecular flexibility index (Phi) is 6.23. The van der Waals surface area contributed by atoms with Crippen molar-refractivity contribution in [3.05, 3.63) is 62.3 Å². The SMILES string of the molecule is Cc1cc(NC(=O)CN(C)C(=O)c2cc3c(C)nn(Cc4ccc(Cl)cc4Cl)c3s2)no1. The molecule has 4 aromatic rings. The Labute approximate surface area is 197 Å². The molecule has 1 N–H and O–H groups in total. The first kappa shape index (κ1) is 22.3. The summed E-state index contributed by atoms with van der Waals surface area (Å²) in [5, 5.41) is 12.9. The number of hydrogen-bond donors (Lipinski definition) is 1. The zero-order valence-corrected chi connectivity index (χ0v) is 19.8. The van der Waals surface area contributed by atoms with Crippen molar-refractivity contribution in [2.24, 2.45) is 0 Å². The maximum atomic E-state index is 12.9. The molecule has 0 aliphatic heterocycles. The Morgan fingerprint density at radius 1 is 1.22 bits per heavy atom. The van der Waals surface area contributed by atoms with Gasteiger partial charge in [-0.2, -0.15) is 5.10 Å². The summed E-state index contributed by atoms with van der Waals surface area (Å²) in [6, 6.07) is 8.74. The molecule has 2 amide bonds. The van der Waals surface area contributed by atoms with Crippen molar-refractivity contribution in [1.82, 2.24) is 19.8 Å². The predicted molar refractivity (Wildman–Crippen MR) is 125 cm³/mol. The van der Waals surface area contributed by atoms with Crippen LogP contribution in [-0.4, -0.2) is 45.2 Å². The molecule has 0 radical (unpaired) electrons. The van der Waals surface area contributed by atoms with E-state index in [0.717, 1.165) is 21.5 Å². The monoisotopic (exact) mass is 491 g/mol. The number of carbonyl (C=O) groups is 2. The summed E-state index contributed by atoms with van der Waals surface area (Å²) in [6.45, 7) is 3.94. The molecule has 8 nitrogen and oxygen atoms in total. The van der Waals surface area contributed by atoms with Gasteiger partial charge in [-0.15, -0.1) is 11.3 Å². The highest BCUT2D eigenvalue weighted by molar-refractivity contribution is 7.20. The molecule has 0 aliphatic rings. The van der Waals surface area contributed by atoms with Crippen molar-refractivity contribution in [3.8, 4) is 0 Å². The summed E-state index contributed by atoms with van der Waals surface area (Å²) in [4.78, 5) is 27.9. The van der Waals surface area contributed by atoms with Crippen molar-refractivity contribution < 1.29 is 14.1 Å². The minimum Gasteiger partial charge on any atom is -0.360 e. The molecule has 4 rings (SSSR count). The Balaban J connectivity index is 1.51. The average Bonchev–Trinajstić information content (AvgIpc) is 3.41. The van der Waals surface area contributed by atoms with Gasteiger partial charge in [0.05, 0.1) is 23.7 Å². The largest absolute Gasteiger partial charge is 0.360 e. The van der Waals surface area contributed by atoms with E-state index in [-0.39, 0.29) is 18.4 Å². The van der Waals surface area contributed by atoms with Crippen molar-refractivity contribution in [2.45, 2.75) is 20.4 Å². The van der Waals surface area contributed by atoms with E-state index in [1.54, 1.807) is 38.2 Å². The van der Waals surface area contributed by atoms with Crippen LogP contribution in [0.4, 0.5) is 5.82 Å². The van der Waals surface area contributed by atoms with Gasteiger partial charge in [0.15, 0.2) is 5.82 Å². The second-order valence-electron chi connectivity index (χ2n) is 7.34. The van der Waals surface area contributed by atoms with Crippen LogP contribution in [-0.2, 0) is 11.3 Å². The molecule has 3 aromatic heterocycles. The molecule has 166 valence electrons. The fraction of sp³-hybridized carbons (Fsp3) is 0.238. The number of nitrogens with zero attached hydrogens (tertiary/aromatic N) is 4. The molecular formula is C21H19Cl2N5O3S. The number of aryl methyl sites for hydroxylation is 2. The lowest BCUT2D eigenvalue weighted by Crippen LogP contribution is -2.34. The highest BCUT2D eigenvalue weighted by Crippen LogP contribution is 2.31. The smallest absolute Gasteiger partial charge is 0.264 e. The van der Waals surface area contributed by atoms with Gasteiger partial charge in [0.25, 0.3) is 5.91 Å². The molecule has 0 saturated carbocycles. The lowest BCUT2D eigenvalue weighted by Gasteiger charge is -2.15. The number of halogens is 2. The minimum absolute atomic E-state index is 0.121. The maximum Gasteiger partial charge on any atom is 0.264 e. The first-order valence-electron chi connectivity index (χ1n) is 9.61. The van der Waals surface area contributed by atoms with Crippen molar-refractivity contribution in [1.29, 1.82) is 0 Å². The molecular weight excluding hydrogens is 473 g/mol. The summed E-state index contributed by atoms with van der Waals surface area (Å²) in [5.74, 6) is 0.272. The lowest BCUT2D eigenvalue weighted by molar-refractivity contribution is -0.116. The molecule has 1 aromatic carbocycles. The van der Waals surface area contributed by atoms with Gasteiger partial charge < -0.3 is 14.7 Å². The second-order valence-corrected chi connectivity index (χ2v) is 9.21. The van der Waals surface area contributed by atoms with E-state index < -0.39 is 0 Å². The van der Waals surface area contributed by atoms with Gasteiger partial charge in [-0.3, -0.25) is 14.3 Å². The zero-order chi connectivity index (χ0) is 23.0. The van der Waals surface area contributed by atoms with Crippen LogP contribution in [0, 0.1) is 13.8 Å². The molecule has 0 fully saturated rings. The highest BCUT2D eigenvalue weighted by atomic mass is 35.5. The molecule has 0 atom stereocenters. The van der Waals surface area contributed by atoms with Gasteiger partial charge >= 0.3 is 0 Å².